The zero-order valence-corrected chi connectivity index (χ0v) is 15.1. The number of nitrogens with one attached hydrogen (secondary N) is 1. The van der Waals surface area contributed by atoms with Crippen molar-refractivity contribution in [3.05, 3.63) is 38.4 Å². The van der Waals surface area contributed by atoms with Crippen LogP contribution in [0.25, 0.3) is 0 Å². The highest BCUT2D eigenvalue weighted by molar-refractivity contribution is 14.1. The van der Waals surface area contributed by atoms with Crippen molar-refractivity contribution < 1.29 is 9.53 Å². The van der Waals surface area contributed by atoms with Gasteiger partial charge in [0.25, 0.3) is 5.91 Å². The lowest BCUT2D eigenvalue weighted by atomic mass is 10.2. The lowest BCUT2D eigenvalue weighted by Crippen LogP contribution is -2.25. The van der Waals surface area contributed by atoms with Crippen molar-refractivity contribution in [2.75, 3.05) is 25.5 Å². The molecule has 2 aromatic rings. The number of fused-ring (bicyclic) bond motifs is 1. The predicted octanol–water partition coefficient (Wildman–Crippen LogP) is 2.75. The Morgan fingerprint density at radius 1 is 1.45 bits per heavy atom. The van der Waals surface area contributed by atoms with E-state index in [0.717, 1.165) is 28.8 Å². The lowest BCUT2D eigenvalue weighted by Gasteiger charge is -2.20. The Morgan fingerprint density at radius 2 is 2.23 bits per heavy atom. The molecule has 0 unspecified atom stereocenters. The van der Waals surface area contributed by atoms with Gasteiger partial charge < -0.3 is 9.64 Å². The first-order valence-electron chi connectivity index (χ1n) is 6.95. The van der Waals surface area contributed by atoms with Gasteiger partial charge in [0, 0.05) is 28.0 Å². The van der Waals surface area contributed by atoms with Gasteiger partial charge in [-0.3, -0.25) is 10.1 Å². The zero-order valence-electron chi connectivity index (χ0n) is 12.1. The number of anilines is 1. The molecule has 0 atom stereocenters. The molecule has 0 bridgehead atoms. The number of aromatic nitrogens is 1. The standard InChI is InChI=1S/C15H16IN3O2S/c1-19-7-6-12-13(8-19)22-15(17-12)18-14(20)9-21-11-4-2-10(16)3-5-11/h2-5H,6-9H2,1H3,(H,17,18,20). The normalized spacial score (nSPS) is 14.5. The molecule has 5 nitrogen and oxygen atoms in total. The molecule has 1 N–H and O–H groups in total. The topological polar surface area (TPSA) is 54.5 Å². The summed E-state index contributed by atoms with van der Waals surface area (Å²) in [5.41, 5.74) is 1.11. The van der Waals surface area contributed by atoms with Crippen LogP contribution in [-0.2, 0) is 17.8 Å². The third-order valence-electron chi connectivity index (χ3n) is 3.35. The van der Waals surface area contributed by atoms with Crippen LogP contribution in [0.2, 0.25) is 0 Å². The summed E-state index contributed by atoms with van der Waals surface area (Å²) >= 11 is 3.78. The van der Waals surface area contributed by atoms with Gasteiger partial charge in [0.15, 0.2) is 11.7 Å². The molecular formula is C15H16IN3O2S. The van der Waals surface area contributed by atoms with E-state index in [2.05, 4.69) is 44.8 Å². The highest BCUT2D eigenvalue weighted by atomic mass is 127. The molecule has 0 aliphatic carbocycles. The van der Waals surface area contributed by atoms with E-state index < -0.39 is 0 Å². The van der Waals surface area contributed by atoms with Gasteiger partial charge in [-0.25, -0.2) is 4.98 Å². The third-order valence-corrected chi connectivity index (χ3v) is 5.07. The van der Waals surface area contributed by atoms with Crippen LogP contribution >= 0.6 is 33.9 Å². The van der Waals surface area contributed by atoms with Crippen molar-refractivity contribution in [3.8, 4) is 5.75 Å². The maximum Gasteiger partial charge on any atom is 0.264 e. The first-order valence-corrected chi connectivity index (χ1v) is 8.85. The molecular weight excluding hydrogens is 413 g/mol. The molecule has 1 aromatic heterocycles. The SMILES string of the molecule is CN1CCc2nc(NC(=O)COc3ccc(I)cc3)sc2C1. The zero-order chi connectivity index (χ0) is 15.5. The Hall–Kier alpha value is -1.19. The number of halogens is 1. The molecule has 0 spiro atoms. The van der Waals surface area contributed by atoms with Gasteiger partial charge in [0.2, 0.25) is 0 Å². The molecule has 2 heterocycles. The van der Waals surface area contributed by atoms with E-state index >= 15 is 0 Å². The number of amides is 1. The van der Waals surface area contributed by atoms with Crippen molar-refractivity contribution in [2.45, 2.75) is 13.0 Å². The number of thiazole rings is 1. The Balaban J connectivity index is 1.54. The number of hydrogen-bond acceptors (Lipinski definition) is 5. The van der Waals surface area contributed by atoms with Crippen LogP contribution in [0.15, 0.2) is 24.3 Å². The summed E-state index contributed by atoms with van der Waals surface area (Å²) in [5.74, 6) is 0.508. The average Bonchev–Trinajstić information content (AvgIpc) is 2.88. The molecule has 22 heavy (non-hydrogen) atoms. The van der Waals surface area contributed by atoms with Crippen LogP contribution in [0, 0.1) is 3.57 Å². The number of likely N-dealkylation sites (N-methyl/N-ethyl adjacent to an activating group) is 1. The Bertz CT molecular complexity index is 672. The number of benzene rings is 1. The summed E-state index contributed by atoms with van der Waals surface area (Å²) in [4.78, 5) is 19.9. The molecule has 1 amide bonds. The van der Waals surface area contributed by atoms with E-state index in [1.165, 1.54) is 4.88 Å². The van der Waals surface area contributed by atoms with Gasteiger partial charge in [-0.1, -0.05) is 0 Å². The van der Waals surface area contributed by atoms with Crippen molar-refractivity contribution in [1.82, 2.24) is 9.88 Å². The molecule has 1 aliphatic rings. The minimum Gasteiger partial charge on any atom is -0.484 e. The summed E-state index contributed by atoms with van der Waals surface area (Å²) in [7, 11) is 2.09. The summed E-state index contributed by atoms with van der Waals surface area (Å²) < 4.78 is 6.60. The summed E-state index contributed by atoms with van der Waals surface area (Å²) in [6.45, 7) is 1.91. The van der Waals surface area contributed by atoms with E-state index in [9.17, 15) is 4.79 Å². The smallest absolute Gasteiger partial charge is 0.264 e. The molecule has 0 fully saturated rings. The second-order valence-corrected chi connectivity index (χ2v) is 7.50. The van der Waals surface area contributed by atoms with Crippen LogP contribution in [0.3, 0.4) is 0 Å². The maximum atomic E-state index is 11.9. The maximum absolute atomic E-state index is 11.9. The van der Waals surface area contributed by atoms with Crippen LogP contribution in [-0.4, -0.2) is 36.0 Å². The molecule has 3 rings (SSSR count). The number of carbonyl (C=O) groups excluding carboxylic acids is 1. The first-order chi connectivity index (χ1) is 10.6. The van der Waals surface area contributed by atoms with Crippen molar-refractivity contribution in [3.63, 3.8) is 0 Å². The molecule has 0 saturated heterocycles. The third kappa shape index (κ3) is 3.96. The van der Waals surface area contributed by atoms with E-state index in [1.54, 1.807) is 11.3 Å². The fraction of sp³-hybridized carbons (Fsp3) is 0.333. The number of carbonyl (C=O) groups is 1. The van der Waals surface area contributed by atoms with Crippen molar-refractivity contribution in [1.29, 1.82) is 0 Å². The fourth-order valence-corrected chi connectivity index (χ4v) is 3.68. The number of rotatable bonds is 4. The molecule has 1 aromatic carbocycles. The highest BCUT2D eigenvalue weighted by Gasteiger charge is 2.19. The van der Waals surface area contributed by atoms with E-state index in [1.807, 2.05) is 24.3 Å². The van der Waals surface area contributed by atoms with Gasteiger partial charge in [-0.05, 0) is 53.9 Å². The molecule has 116 valence electrons. The minimum absolute atomic E-state index is 0.00918. The highest BCUT2D eigenvalue weighted by Crippen LogP contribution is 2.27. The van der Waals surface area contributed by atoms with Gasteiger partial charge in [0.1, 0.15) is 5.75 Å². The molecule has 1 aliphatic heterocycles. The van der Waals surface area contributed by atoms with Gasteiger partial charge in [0.05, 0.1) is 5.69 Å². The quantitative estimate of drug-likeness (QED) is 0.760. The summed E-state index contributed by atoms with van der Waals surface area (Å²) in [5, 5.41) is 3.48. The van der Waals surface area contributed by atoms with E-state index in [4.69, 9.17) is 4.74 Å². The van der Waals surface area contributed by atoms with Crippen LogP contribution < -0.4 is 10.1 Å². The van der Waals surface area contributed by atoms with Gasteiger partial charge in [-0.15, -0.1) is 11.3 Å². The van der Waals surface area contributed by atoms with Crippen molar-refractivity contribution >= 4 is 45.0 Å². The van der Waals surface area contributed by atoms with Crippen LogP contribution in [0.1, 0.15) is 10.6 Å². The minimum atomic E-state index is -0.182. The second kappa shape index (κ2) is 6.93. The largest absolute Gasteiger partial charge is 0.484 e. The van der Waals surface area contributed by atoms with Gasteiger partial charge in [-0.2, -0.15) is 0 Å². The van der Waals surface area contributed by atoms with Crippen LogP contribution in [0.4, 0.5) is 5.13 Å². The Kier molecular flexibility index (Phi) is 4.94. The van der Waals surface area contributed by atoms with Gasteiger partial charge >= 0.3 is 0 Å². The predicted molar refractivity (Wildman–Crippen MR) is 95.4 cm³/mol. The lowest BCUT2D eigenvalue weighted by molar-refractivity contribution is -0.118. The number of hydrogen-bond donors (Lipinski definition) is 1. The summed E-state index contributed by atoms with van der Waals surface area (Å²) in [6.07, 6.45) is 0.942. The number of nitrogens with zero attached hydrogens (tertiary/aromatic N) is 2. The van der Waals surface area contributed by atoms with E-state index in [0.29, 0.717) is 10.9 Å². The molecule has 7 heteroatoms. The Labute approximate surface area is 146 Å². The number of ether oxygens (including phenoxy) is 1. The fourth-order valence-electron chi connectivity index (χ4n) is 2.21. The van der Waals surface area contributed by atoms with Crippen molar-refractivity contribution in [2.24, 2.45) is 0 Å². The second-order valence-electron chi connectivity index (χ2n) is 5.17. The van der Waals surface area contributed by atoms with Crippen LogP contribution in [0.5, 0.6) is 5.75 Å². The monoisotopic (exact) mass is 429 g/mol. The molecule has 0 radical (unpaired) electrons. The van der Waals surface area contributed by atoms with E-state index in [-0.39, 0.29) is 12.5 Å². The Morgan fingerprint density at radius 3 is 3.00 bits per heavy atom. The average molecular weight is 429 g/mol. The molecule has 0 saturated carbocycles. The first kappa shape index (κ1) is 15.7. The summed E-state index contributed by atoms with van der Waals surface area (Å²) in [6, 6.07) is 7.60.